The van der Waals surface area contributed by atoms with Gasteiger partial charge < -0.3 is 19.7 Å². The minimum Gasteiger partial charge on any atom is -0.481 e. The number of nitrogens with one attached hydrogen (secondary N) is 1. The first-order chi connectivity index (χ1) is 17.7. The number of aromatic nitrogens is 2. The number of ether oxygens (including phenoxy) is 1. The highest BCUT2D eigenvalue weighted by atomic mass is 16.5. The highest BCUT2D eigenvalue weighted by Gasteiger charge is 2.25. The van der Waals surface area contributed by atoms with Gasteiger partial charge in [-0.2, -0.15) is 0 Å². The molecule has 0 saturated heterocycles. The number of carbonyl (C=O) groups is 4. The molecule has 2 aromatic carbocycles. The lowest BCUT2D eigenvalue weighted by atomic mass is 10.0. The maximum atomic E-state index is 12.8. The number of hydrogen-bond donors (Lipinski definition) is 2. The number of rotatable bonds is 11. The number of nitrogens with zero attached hydrogens (tertiary/aromatic N) is 3. The Labute approximate surface area is 215 Å². The number of carbonyl (C=O) groups excluding carboxylic acids is 3. The van der Waals surface area contributed by atoms with Crippen molar-refractivity contribution in [3.05, 3.63) is 65.5 Å². The zero-order chi connectivity index (χ0) is 26.9. The summed E-state index contributed by atoms with van der Waals surface area (Å²) in [5.41, 5.74) is 2.60. The summed E-state index contributed by atoms with van der Waals surface area (Å²) >= 11 is 0. The Balaban J connectivity index is 2.05. The number of amides is 3. The molecule has 0 saturated carbocycles. The average molecular weight is 509 g/mol. The summed E-state index contributed by atoms with van der Waals surface area (Å²) < 4.78 is 6.67. The Hall–Kier alpha value is -4.21. The Morgan fingerprint density at radius 3 is 2.49 bits per heavy atom. The third-order valence-corrected chi connectivity index (χ3v) is 6.01. The van der Waals surface area contributed by atoms with Gasteiger partial charge in [0.05, 0.1) is 30.6 Å². The normalized spacial score (nSPS) is 11.6. The summed E-state index contributed by atoms with van der Waals surface area (Å²) in [5, 5.41) is 12.0. The molecule has 0 aliphatic heterocycles. The fourth-order valence-electron chi connectivity index (χ4n) is 4.06. The fraction of sp³-hybridized carbons (Fsp3) is 0.370. The van der Waals surface area contributed by atoms with E-state index in [1.165, 1.54) is 14.2 Å². The van der Waals surface area contributed by atoms with Crippen LogP contribution in [-0.2, 0) is 27.3 Å². The molecule has 10 nitrogen and oxygen atoms in total. The Kier molecular flexibility index (Phi) is 9.37. The summed E-state index contributed by atoms with van der Waals surface area (Å²) in [6.45, 7) is 2.72. The van der Waals surface area contributed by atoms with E-state index in [9.17, 15) is 19.2 Å². The zero-order valence-electron chi connectivity index (χ0n) is 21.3. The van der Waals surface area contributed by atoms with Crippen LogP contribution in [0.25, 0.3) is 11.0 Å². The van der Waals surface area contributed by atoms with Crippen molar-refractivity contribution in [1.82, 2.24) is 19.8 Å². The topological polar surface area (TPSA) is 131 Å². The molecule has 2 N–H and O–H groups in total. The van der Waals surface area contributed by atoms with Gasteiger partial charge in [-0.15, -0.1) is 0 Å². The van der Waals surface area contributed by atoms with Crippen molar-refractivity contribution in [2.24, 2.45) is 0 Å². The number of imide groups is 1. The highest BCUT2D eigenvalue weighted by molar-refractivity contribution is 6.04. The molecule has 196 valence electrons. The van der Waals surface area contributed by atoms with Crippen molar-refractivity contribution in [2.75, 3.05) is 14.2 Å². The third kappa shape index (κ3) is 6.93. The lowest BCUT2D eigenvalue weighted by molar-refractivity contribution is -0.138. The van der Waals surface area contributed by atoms with E-state index in [0.717, 1.165) is 28.8 Å². The van der Waals surface area contributed by atoms with Crippen molar-refractivity contribution in [3.63, 3.8) is 0 Å². The Morgan fingerprint density at radius 1 is 1.11 bits per heavy atom. The molecule has 0 aliphatic rings. The van der Waals surface area contributed by atoms with Gasteiger partial charge in [0.15, 0.2) is 0 Å². The van der Waals surface area contributed by atoms with E-state index in [2.05, 4.69) is 17.0 Å². The van der Waals surface area contributed by atoms with Crippen LogP contribution in [-0.4, -0.2) is 57.6 Å². The molecule has 0 fully saturated rings. The number of carboxylic acid groups (broad SMARTS) is 1. The molecule has 3 amide bonds. The smallest absolute Gasteiger partial charge is 0.416 e. The van der Waals surface area contributed by atoms with E-state index in [1.807, 2.05) is 34.9 Å². The van der Waals surface area contributed by atoms with Crippen LogP contribution >= 0.6 is 0 Å². The lowest BCUT2D eigenvalue weighted by Gasteiger charge is -2.20. The van der Waals surface area contributed by atoms with Gasteiger partial charge in [-0.05, 0) is 36.6 Å². The number of aliphatic carboxylic acids is 1. The molecule has 1 unspecified atom stereocenters. The van der Waals surface area contributed by atoms with Crippen LogP contribution in [0.3, 0.4) is 0 Å². The third-order valence-electron chi connectivity index (χ3n) is 6.01. The number of fused-ring (bicyclic) bond motifs is 1. The average Bonchev–Trinajstić information content (AvgIpc) is 3.27. The van der Waals surface area contributed by atoms with Crippen molar-refractivity contribution in [1.29, 1.82) is 0 Å². The number of aryl methyl sites for hydroxylation is 1. The van der Waals surface area contributed by atoms with Crippen LogP contribution in [0.15, 0.2) is 48.5 Å². The summed E-state index contributed by atoms with van der Waals surface area (Å²) in [6, 6.07) is 14.2. The van der Waals surface area contributed by atoms with Crippen molar-refractivity contribution < 1.29 is 29.0 Å². The van der Waals surface area contributed by atoms with Crippen LogP contribution in [0.5, 0.6) is 0 Å². The number of unbranched alkanes of at least 4 members (excludes halogenated alkanes) is 1. The van der Waals surface area contributed by atoms with E-state index >= 15 is 0 Å². The summed E-state index contributed by atoms with van der Waals surface area (Å²) in [5.74, 6) is -1.34. The Bertz CT molecular complexity index is 1270. The van der Waals surface area contributed by atoms with Gasteiger partial charge in [-0.1, -0.05) is 43.7 Å². The second kappa shape index (κ2) is 12.7. The number of carboxylic acids is 1. The molecule has 0 spiro atoms. The first-order valence-electron chi connectivity index (χ1n) is 12.2. The molecule has 1 aromatic heterocycles. The molecule has 0 bridgehead atoms. The maximum Gasteiger partial charge on any atom is 0.416 e. The van der Waals surface area contributed by atoms with Gasteiger partial charge in [-0.25, -0.2) is 14.7 Å². The van der Waals surface area contributed by atoms with E-state index in [-0.39, 0.29) is 24.3 Å². The summed E-state index contributed by atoms with van der Waals surface area (Å²) in [6.07, 6.45) is 1.07. The van der Waals surface area contributed by atoms with Crippen LogP contribution in [0.4, 0.5) is 4.79 Å². The van der Waals surface area contributed by atoms with E-state index in [1.54, 1.807) is 18.2 Å². The lowest BCUT2D eigenvalue weighted by Crippen LogP contribution is -2.32. The minimum atomic E-state index is -1.04. The molecule has 1 atom stereocenters. The molecular weight excluding hydrogens is 476 g/mol. The number of hydrogen-bond acceptors (Lipinski definition) is 6. The van der Waals surface area contributed by atoms with Crippen LogP contribution < -0.4 is 5.32 Å². The minimum absolute atomic E-state index is 0.145. The molecule has 3 rings (SSSR count). The van der Waals surface area contributed by atoms with Crippen molar-refractivity contribution in [2.45, 2.75) is 51.6 Å². The van der Waals surface area contributed by atoms with Crippen LogP contribution in [0, 0.1) is 0 Å². The van der Waals surface area contributed by atoms with Gasteiger partial charge in [0, 0.05) is 25.6 Å². The summed E-state index contributed by atoms with van der Waals surface area (Å²) in [4.78, 5) is 54.0. The van der Waals surface area contributed by atoms with Crippen LogP contribution in [0.1, 0.15) is 60.4 Å². The van der Waals surface area contributed by atoms with Gasteiger partial charge in [0.2, 0.25) is 5.91 Å². The monoisotopic (exact) mass is 508 g/mol. The van der Waals surface area contributed by atoms with Crippen molar-refractivity contribution in [3.8, 4) is 0 Å². The van der Waals surface area contributed by atoms with Gasteiger partial charge in [0.1, 0.15) is 5.82 Å². The number of benzene rings is 2. The molecular formula is C27H32N4O6. The standard InChI is InChI=1S/C27H32N4O6/c1-4-5-15-31-22-12-11-19(26(35)30(2)27(36)37-3)17-20(22)29-25(31)21(16-18-9-7-6-8-10-18)28-23(32)13-14-24(33)34/h6-12,17,21H,4-5,13-16H2,1-3H3,(H,28,32)(H,33,34). The molecule has 3 aromatic rings. The van der Waals surface area contributed by atoms with E-state index < -0.39 is 24.0 Å². The first kappa shape index (κ1) is 27.4. The van der Waals surface area contributed by atoms with Gasteiger partial charge in [-0.3, -0.25) is 14.4 Å². The SMILES string of the molecule is CCCCn1c(C(Cc2ccccc2)NC(=O)CCC(=O)O)nc2cc(C(=O)N(C)C(=O)OC)ccc21. The van der Waals surface area contributed by atoms with Crippen LogP contribution in [0.2, 0.25) is 0 Å². The van der Waals surface area contributed by atoms with Gasteiger partial charge >= 0.3 is 12.1 Å². The molecule has 37 heavy (non-hydrogen) atoms. The Morgan fingerprint density at radius 2 is 1.84 bits per heavy atom. The quantitative estimate of drug-likeness (QED) is 0.401. The predicted octanol–water partition coefficient (Wildman–Crippen LogP) is 3.94. The second-order valence-electron chi connectivity index (χ2n) is 8.72. The van der Waals surface area contributed by atoms with Crippen molar-refractivity contribution >= 4 is 34.9 Å². The molecule has 0 aliphatic carbocycles. The highest BCUT2D eigenvalue weighted by Crippen LogP contribution is 2.26. The number of imidazole rings is 1. The molecule has 10 heteroatoms. The summed E-state index contributed by atoms with van der Waals surface area (Å²) in [7, 11) is 2.54. The van der Waals surface area contributed by atoms with E-state index in [4.69, 9.17) is 10.1 Å². The van der Waals surface area contributed by atoms with Gasteiger partial charge in [0.25, 0.3) is 5.91 Å². The predicted molar refractivity (Wildman–Crippen MR) is 137 cm³/mol. The first-order valence-corrected chi connectivity index (χ1v) is 12.2. The zero-order valence-corrected chi connectivity index (χ0v) is 21.3. The molecule has 0 radical (unpaired) electrons. The number of methoxy groups -OCH3 is 1. The maximum absolute atomic E-state index is 12.8. The van der Waals surface area contributed by atoms with E-state index in [0.29, 0.717) is 24.3 Å². The fourth-order valence-corrected chi connectivity index (χ4v) is 4.06. The second-order valence-corrected chi connectivity index (χ2v) is 8.72. The molecule has 1 heterocycles. The largest absolute Gasteiger partial charge is 0.481 e.